The number of amides is 1. The van der Waals surface area contributed by atoms with Crippen LogP contribution in [0.15, 0.2) is 95.9 Å². The maximum atomic E-state index is 12.9. The third-order valence-electron chi connectivity index (χ3n) is 5.40. The standard InChI is InChI=1S/C26H25N3O3S2/c1-19-24(33-26(28-19)29-34(31,32)22-15-9-4-10-16-22)25(30)27-18-17-23(20-11-5-2-6-12-20)21-13-7-3-8-14-21/h2-16,23H,17-18H2,1H3,(H,27,30)(H,28,29). The number of aryl methyl sites for hydroxylation is 1. The second-order valence-corrected chi connectivity index (χ2v) is 10.5. The van der Waals surface area contributed by atoms with Crippen molar-refractivity contribution in [2.75, 3.05) is 11.3 Å². The van der Waals surface area contributed by atoms with Crippen LogP contribution in [-0.4, -0.2) is 25.9 Å². The van der Waals surface area contributed by atoms with Gasteiger partial charge in [0.1, 0.15) is 4.88 Å². The summed E-state index contributed by atoms with van der Waals surface area (Å²) in [7, 11) is -3.77. The third kappa shape index (κ3) is 5.70. The first-order valence-electron chi connectivity index (χ1n) is 10.9. The Morgan fingerprint density at radius 2 is 1.41 bits per heavy atom. The summed E-state index contributed by atoms with van der Waals surface area (Å²) in [5.41, 5.74) is 2.86. The van der Waals surface area contributed by atoms with Crippen LogP contribution in [0.1, 0.15) is 38.8 Å². The van der Waals surface area contributed by atoms with Gasteiger partial charge >= 0.3 is 0 Å². The Balaban J connectivity index is 1.42. The van der Waals surface area contributed by atoms with Crippen molar-refractivity contribution in [3.05, 3.63) is 113 Å². The minimum atomic E-state index is -3.77. The van der Waals surface area contributed by atoms with Gasteiger partial charge < -0.3 is 5.32 Å². The zero-order chi connectivity index (χ0) is 24.0. The smallest absolute Gasteiger partial charge is 0.263 e. The quantitative estimate of drug-likeness (QED) is 0.337. The van der Waals surface area contributed by atoms with E-state index in [9.17, 15) is 13.2 Å². The molecule has 0 saturated heterocycles. The Morgan fingerprint density at radius 3 is 1.97 bits per heavy atom. The van der Waals surface area contributed by atoms with Gasteiger partial charge in [-0.1, -0.05) is 90.2 Å². The fourth-order valence-electron chi connectivity index (χ4n) is 3.73. The summed E-state index contributed by atoms with van der Waals surface area (Å²) in [4.78, 5) is 17.6. The molecule has 0 spiro atoms. The maximum absolute atomic E-state index is 12.9. The predicted octanol–water partition coefficient (Wildman–Crippen LogP) is 5.20. The summed E-state index contributed by atoms with van der Waals surface area (Å²) in [5, 5.41) is 3.14. The second-order valence-electron chi connectivity index (χ2n) is 7.77. The van der Waals surface area contributed by atoms with Crippen molar-refractivity contribution < 1.29 is 13.2 Å². The zero-order valence-corrected chi connectivity index (χ0v) is 20.3. The summed E-state index contributed by atoms with van der Waals surface area (Å²) in [5.74, 6) is -0.112. The molecular weight excluding hydrogens is 466 g/mol. The molecule has 34 heavy (non-hydrogen) atoms. The number of nitrogens with one attached hydrogen (secondary N) is 2. The monoisotopic (exact) mass is 491 g/mol. The highest BCUT2D eigenvalue weighted by molar-refractivity contribution is 7.93. The fraction of sp³-hybridized carbons (Fsp3) is 0.154. The SMILES string of the molecule is Cc1nc(NS(=O)(=O)c2ccccc2)sc1C(=O)NCCC(c1ccccc1)c1ccccc1. The average Bonchev–Trinajstić information content (AvgIpc) is 3.22. The summed E-state index contributed by atoms with van der Waals surface area (Å²) in [6.45, 7) is 2.16. The van der Waals surface area contributed by atoms with E-state index in [2.05, 4.69) is 39.3 Å². The second kappa shape index (κ2) is 10.6. The van der Waals surface area contributed by atoms with E-state index in [0.717, 1.165) is 17.8 Å². The number of hydrogen-bond donors (Lipinski definition) is 2. The lowest BCUT2D eigenvalue weighted by atomic mass is 9.88. The van der Waals surface area contributed by atoms with Crippen molar-refractivity contribution in [2.24, 2.45) is 0 Å². The molecule has 1 heterocycles. The van der Waals surface area contributed by atoms with Gasteiger partial charge in [0.15, 0.2) is 5.13 Å². The summed E-state index contributed by atoms with van der Waals surface area (Å²) in [6.07, 6.45) is 0.727. The van der Waals surface area contributed by atoms with Crippen LogP contribution in [0.4, 0.5) is 5.13 Å². The van der Waals surface area contributed by atoms with E-state index < -0.39 is 10.0 Å². The summed E-state index contributed by atoms with van der Waals surface area (Å²) in [6, 6.07) is 28.5. The first-order chi connectivity index (χ1) is 16.4. The number of anilines is 1. The highest BCUT2D eigenvalue weighted by atomic mass is 32.2. The molecule has 4 rings (SSSR count). The molecule has 2 N–H and O–H groups in total. The number of sulfonamides is 1. The molecule has 0 fully saturated rings. The summed E-state index contributed by atoms with van der Waals surface area (Å²) < 4.78 is 27.6. The molecule has 1 aromatic heterocycles. The molecule has 0 bridgehead atoms. The normalized spacial score (nSPS) is 11.4. The molecule has 0 aliphatic carbocycles. The molecular formula is C26H25N3O3S2. The van der Waals surface area contributed by atoms with Crippen LogP contribution in [0.25, 0.3) is 0 Å². The van der Waals surface area contributed by atoms with Gasteiger partial charge in [0.2, 0.25) is 0 Å². The number of benzene rings is 3. The summed E-state index contributed by atoms with van der Waals surface area (Å²) >= 11 is 1.03. The van der Waals surface area contributed by atoms with Crippen molar-refractivity contribution >= 4 is 32.4 Å². The highest BCUT2D eigenvalue weighted by Gasteiger charge is 2.21. The van der Waals surface area contributed by atoms with Crippen molar-refractivity contribution in [3.8, 4) is 0 Å². The van der Waals surface area contributed by atoms with Gasteiger partial charge in [-0.15, -0.1) is 0 Å². The van der Waals surface area contributed by atoms with E-state index in [-0.39, 0.29) is 21.9 Å². The minimum Gasteiger partial charge on any atom is -0.351 e. The van der Waals surface area contributed by atoms with Crippen molar-refractivity contribution in [2.45, 2.75) is 24.2 Å². The number of carbonyl (C=O) groups excluding carboxylic acids is 1. The molecule has 0 saturated carbocycles. The lowest BCUT2D eigenvalue weighted by Crippen LogP contribution is -2.25. The molecule has 174 valence electrons. The fourth-order valence-corrected chi connectivity index (χ4v) is 5.87. The topological polar surface area (TPSA) is 88.2 Å². The average molecular weight is 492 g/mol. The van der Waals surface area contributed by atoms with Crippen molar-refractivity contribution in [1.29, 1.82) is 0 Å². The van der Waals surface area contributed by atoms with Crippen molar-refractivity contribution in [1.82, 2.24) is 10.3 Å². The number of nitrogens with zero attached hydrogens (tertiary/aromatic N) is 1. The molecule has 0 aliphatic heterocycles. The van der Waals surface area contributed by atoms with E-state index in [4.69, 9.17) is 0 Å². The molecule has 6 nitrogen and oxygen atoms in total. The largest absolute Gasteiger partial charge is 0.351 e. The van der Waals surface area contributed by atoms with E-state index in [1.807, 2.05) is 36.4 Å². The van der Waals surface area contributed by atoms with E-state index in [0.29, 0.717) is 17.1 Å². The Bertz CT molecular complexity index is 1300. The van der Waals surface area contributed by atoms with Gasteiger partial charge in [-0.25, -0.2) is 13.4 Å². The lowest BCUT2D eigenvalue weighted by molar-refractivity contribution is 0.0956. The Morgan fingerprint density at radius 1 is 0.882 bits per heavy atom. The number of thiazole rings is 1. The maximum Gasteiger partial charge on any atom is 0.263 e. The zero-order valence-electron chi connectivity index (χ0n) is 18.6. The van der Waals surface area contributed by atoms with E-state index >= 15 is 0 Å². The van der Waals surface area contributed by atoms with Crippen LogP contribution in [-0.2, 0) is 10.0 Å². The van der Waals surface area contributed by atoms with Crippen molar-refractivity contribution in [3.63, 3.8) is 0 Å². The van der Waals surface area contributed by atoms with Gasteiger partial charge in [-0.3, -0.25) is 9.52 Å². The molecule has 0 aliphatic rings. The first-order valence-corrected chi connectivity index (χ1v) is 13.2. The lowest BCUT2D eigenvalue weighted by Gasteiger charge is -2.18. The van der Waals surface area contributed by atoms with E-state index in [1.54, 1.807) is 25.1 Å². The first kappa shape index (κ1) is 23.7. The number of aromatic nitrogens is 1. The Hall–Kier alpha value is -3.49. The van der Waals surface area contributed by atoms with E-state index in [1.165, 1.54) is 23.3 Å². The van der Waals surface area contributed by atoms with Crippen LogP contribution < -0.4 is 10.0 Å². The number of carbonyl (C=O) groups is 1. The van der Waals surface area contributed by atoms with Gasteiger partial charge in [0, 0.05) is 12.5 Å². The van der Waals surface area contributed by atoms with Crippen LogP contribution in [0.3, 0.4) is 0 Å². The molecule has 0 unspecified atom stereocenters. The van der Waals surface area contributed by atoms with Gasteiger partial charge in [-0.2, -0.15) is 0 Å². The predicted molar refractivity (Wildman–Crippen MR) is 136 cm³/mol. The molecule has 0 radical (unpaired) electrons. The third-order valence-corrected chi connectivity index (χ3v) is 7.96. The van der Waals surface area contributed by atoms with Crippen LogP contribution in [0.5, 0.6) is 0 Å². The molecule has 1 amide bonds. The molecule has 8 heteroatoms. The Kier molecular flexibility index (Phi) is 7.40. The number of hydrogen-bond acceptors (Lipinski definition) is 5. The number of rotatable bonds is 9. The molecule has 3 aromatic carbocycles. The molecule has 0 atom stereocenters. The molecule has 4 aromatic rings. The highest BCUT2D eigenvalue weighted by Crippen LogP contribution is 2.28. The van der Waals surface area contributed by atoms with Crippen LogP contribution in [0, 0.1) is 6.92 Å². The van der Waals surface area contributed by atoms with Crippen LogP contribution in [0.2, 0.25) is 0 Å². The van der Waals surface area contributed by atoms with Gasteiger partial charge in [0.25, 0.3) is 15.9 Å². The van der Waals surface area contributed by atoms with Gasteiger partial charge in [0.05, 0.1) is 10.6 Å². The Labute approximate surface area is 203 Å². The van der Waals surface area contributed by atoms with Crippen LogP contribution >= 0.6 is 11.3 Å². The minimum absolute atomic E-state index is 0.140. The van der Waals surface area contributed by atoms with Gasteiger partial charge in [-0.05, 0) is 36.6 Å².